The Morgan fingerprint density at radius 2 is 0.600 bits per heavy atom. The molecule has 5 heavy (non-hydrogen) atoms. The average Bonchev–Trinajstić information content (AvgIpc) is 0. The fourth-order valence-corrected chi connectivity index (χ4v) is 0. The van der Waals surface area contributed by atoms with Crippen LogP contribution in [0.3, 0.4) is 0 Å². The molecule has 0 spiro atoms. The van der Waals surface area contributed by atoms with Gasteiger partial charge in [0.2, 0.25) is 0 Å². The van der Waals surface area contributed by atoms with Crippen molar-refractivity contribution in [3.63, 3.8) is 0 Å². The van der Waals surface area contributed by atoms with Gasteiger partial charge in [-0.3, -0.25) is 0 Å². The van der Waals surface area contributed by atoms with Gasteiger partial charge in [0.05, 0.1) is 0 Å². The van der Waals surface area contributed by atoms with Gasteiger partial charge in [0.25, 0.3) is 0 Å². The summed E-state index contributed by atoms with van der Waals surface area (Å²) in [6, 6.07) is 0. The maximum Gasteiger partial charge on any atom is 0.187 e. The summed E-state index contributed by atoms with van der Waals surface area (Å²) in [5.41, 5.74) is 0. The zero-order chi connectivity index (χ0) is 0. The summed E-state index contributed by atoms with van der Waals surface area (Å²) in [7, 11) is 0. The summed E-state index contributed by atoms with van der Waals surface area (Å²) in [5.74, 6) is 0. The summed E-state index contributed by atoms with van der Waals surface area (Å²) < 4.78 is 0. The monoisotopic (exact) mass is 242 g/mol. The van der Waals surface area contributed by atoms with Crippen LogP contribution in [0.15, 0.2) is 0 Å². The molecule has 0 aromatic carbocycles. The average molecular weight is 241 g/mol. The largest absolute Gasteiger partial charge is 0.412 e. The van der Waals surface area contributed by atoms with Gasteiger partial charge in [0.15, 0.2) is 17.4 Å². The standard InChI is InChI=1S/Al.Gd.3H2O.3H/h;;3*1H2;;;. The first-order valence-electron chi connectivity index (χ1n) is 0. The molecule has 0 unspecified atom stereocenters. The molecule has 38 valence electrons. The van der Waals surface area contributed by atoms with Crippen molar-refractivity contribution in [2.75, 3.05) is 0 Å². The Balaban J connectivity index is 0. The molecule has 0 aliphatic carbocycles. The fourth-order valence-electron chi connectivity index (χ4n) is 0. The van der Waals surface area contributed by atoms with Crippen molar-refractivity contribution in [1.29, 1.82) is 0 Å². The van der Waals surface area contributed by atoms with Gasteiger partial charge in [-0.05, 0) is 0 Å². The van der Waals surface area contributed by atoms with Crippen molar-refractivity contribution in [3.05, 3.63) is 0 Å². The molecular formula is H9AlGdO3. The molecule has 0 amide bonds. The molecule has 0 aliphatic rings. The van der Waals surface area contributed by atoms with Crippen LogP contribution < -0.4 is 0 Å². The zero-order valence-electron chi connectivity index (χ0n) is 1.85. The molecule has 0 saturated carbocycles. The van der Waals surface area contributed by atoms with Crippen LogP contribution in [-0.4, -0.2) is 33.8 Å². The van der Waals surface area contributed by atoms with Crippen LogP contribution in [0.2, 0.25) is 0 Å². The molecule has 3 nitrogen and oxygen atoms in total. The van der Waals surface area contributed by atoms with E-state index in [9.17, 15) is 0 Å². The molecule has 0 saturated heterocycles. The van der Waals surface area contributed by atoms with Crippen molar-refractivity contribution in [2.24, 2.45) is 0 Å². The van der Waals surface area contributed by atoms with E-state index in [0.29, 0.717) is 0 Å². The molecule has 0 fully saturated rings. The summed E-state index contributed by atoms with van der Waals surface area (Å²) in [5, 5.41) is 0. The molecule has 0 bridgehead atoms. The third kappa shape index (κ3) is 26.6. The van der Waals surface area contributed by atoms with E-state index in [2.05, 4.69) is 0 Å². The summed E-state index contributed by atoms with van der Waals surface area (Å²) in [6.07, 6.45) is 0. The maximum atomic E-state index is 0. The minimum atomic E-state index is 0. The second-order valence-corrected chi connectivity index (χ2v) is 0. The van der Waals surface area contributed by atoms with E-state index < -0.39 is 0 Å². The minimum absolute atomic E-state index is 0. The Hall–Kier alpha value is 1.74. The van der Waals surface area contributed by atoms with Crippen LogP contribution in [0, 0.1) is 39.9 Å². The molecule has 0 aromatic rings. The van der Waals surface area contributed by atoms with Gasteiger partial charge in [-0.1, -0.05) is 0 Å². The predicted molar refractivity (Wildman–Crippen MR) is 20.8 cm³/mol. The molecule has 0 atom stereocenters. The van der Waals surface area contributed by atoms with Crippen molar-refractivity contribution in [1.82, 2.24) is 0 Å². The molecule has 0 radical (unpaired) electrons. The Morgan fingerprint density at radius 3 is 0.600 bits per heavy atom. The number of hydrogen-bond acceptors (Lipinski definition) is 0. The first-order valence-corrected chi connectivity index (χ1v) is 0. The topological polar surface area (TPSA) is 94.5 Å². The van der Waals surface area contributed by atoms with Crippen LogP contribution in [0.4, 0.5) is 0 Å². The SMILES string of the molecule is O.O.O.[AlH3].[Gd]. The maximum absolute atomic E-state index is 0. The van der Waals surface area contributed by atoms with Gasteiger partial charge >= 0.3 is 0 Å². The Bertz CT molecular complexity index is 6.85. The van der Waals surface area contributed by atoms with E-state index in [1.807, 2.05) is 0 Å². The van der Waals surface area contributed by atoms with E-state index in [4.69, 9.17) is 0 Å². The Kier molecular flexibility index (Phi) is 627. The number of hydrogen-bond donors (Lipinski definition) is 0. The molecular weight excluding hydrogens is 232 g/mol. The summed E-state index contributed by atoms with van der Waals surface area (Å²) in [4.78, 5) is 0. The molecule has 6 N–H and O–H groups in total. The first-order chi connectivity index (χ1) is 0. The quantitative estimate of drug-likeness (QED) is 0.391. The minimum Gasteiger partial charge on any atom is -0.412 e. The van der Waals surface area contributed by atoms with Crippen molar-refractivity contribution >= 4 is 17.4 Å². The second kappa shape index (κ2) is 42.7. The van der Waals surface area contributed by atoms with Crippen molar-refractivity contribution in [3.8, 4) is 0 Å². The van der Waals surface area contributed by atoms with Crippen LogP contribution in [-0.2, 0) is 0 Å². The first kappa shape index (κ1) is 73.5. The van der Waals surface area contributed by atoms with Gasteiger partial charge in [-0.25, -0.2) is 0 Å². The van der Waals surface area contributed by atoms with E-state index in [0.717, 1.165) is 0 Å². The van der Waals surface area contributed by atoms with Gasteiger partial charge in [0, 0.05) is 39.9 Å². The zero-order valence-corrected chi connectivity index (χ0v) is 4.12. The van der Waals surface area contributed by atoms with E-state index >= 15 is 0 Å². The van der Waals surface area contributed by atoms with E-state index in [1.165, 1.54) is 0 Å². The molecule has 0 aliphatic heterocycles. The Morgan fingerprint density at radius 1 is 0.600 bits per heavy atom. The normalized spacial score (nSPS) is 0. The summed E-state index contributed by atoms with van der Waals surface area (Å²) >= 11 is 0. The van der Waals surface area contributed by atoms with Gasteiger partial charge in [-0.2, -0.15) is 0 Å². The van der Waals surface area contributed by atoms with E-state index in [-0.39, 0.29) is 73.7 Å². The van der Waals surface area contributed by atoms with Crippen LogP contribution in [0.25, 0.3) is 0 Å². The third-order valence-electron chi connectivity index (χ3n) is 0. The van der Waals surface area contributed by atoms with E-state index in [1.54, 1.807) is 0 Å². The number of rotatable bonds is 0. The third-order valence-corrected chi connectivity index (χ3v) is 0. The Labute approximate surface area is 72.9 Å². The van der Waals surface area contributed by atoms with Crippen LogP contribution in [0.5, 0.6) is 0 Å². The summed E-state index contributed by atoms with van der Waals surface area (Å²) in [6.45, 7) is 0. The van der Waals surface area contributed by atoms with Crippen molar-refractivity contribution < 1.29 is 56.4 Å². The van der Waals surface area contributed by atoms with Crippen LogP contribution in [0.1, 0.15) is 0 Å². The molecule has 0 heterocycles. The smallest absolute Gasteiger partial charge is 0.187 e. The molecule has 0 rings (SSSR count). The molecule has 0 aromatic heterocycles. The second-order valence-electron chi connectivity index (χ2n) is 0. The predicted octanol–water partition coefficient (Wildman–Crippen LogP) is -3.66. The van der Waals surface area contributed by atoms with Crippen molar-refractivity contribution in [2.45, 2.75) is 0 Å². The van der Waals surface area contributed by atoms with Gasteiger partial charge < -0.3 is 16.4 Å². The molecule has 5 heteroatoms. The van der Waals surface area contributed by atoms with Gasteiger partial charge in [-0.15, -0.1) is 0 Å². The fraction of sp³-hybridized carbons (Fsp3) is 0. The van der Waals surface area contributed by atoms with Gasteiger partial charge in [0.1, 0.15) is 0 Å². The van der Waals surface area contributed by atoms with Crippen LogP contribution >= 0.6 is 0 Å².